The third-order valence-corrected chi connectivity index (χ3v) is 1.42. The fourth-order valence-corrected chi connectivity index (χ4v) is 0.829. The van der Waals surface area contributed by atoms with Gasteiger partial charge in [0.15, 0.2) is 0 Å². The van der Waals surface area contributed by atoms with Gasteiger partial charge in [-0.2, -0.15) is 0 Å². The number of esters is 1. The largest absolute Gasteiger partial charge is 0.460 e. The molecule has 0 saturated carbocycles. The molecule has 70 valence electrons. The number of carbonyl (C=O) groups is 1. The van der Waals surface area contributed by atoms with Crippen molar-refractivity contribution in [2.24, 2.45) is 0 Å². The van der Waals surface area contributed by atoms with Gasteiger partial charge in [-0.15, -0.1) is 0 Å². The van der Waals surface area contributed by atoms with Crippen LogP contribution in [0.2, 0.25) is 0 Å². The van der Waals surface area contributed by atoms with Gasteiger partial charge < -0.3 is 4.74 Å². The van der Waals surface area contributed by atoms with Gasteiger partial charge in [0.05, 0.1) is 5.56 Å². The summed E-state index contributed by atoms with van der Waals surface area (Å²) in [6, 6.07) is 8.62. The molecule has 0 atom stereocenters. The van der Waals surface area contributed by atoms with E-state index in [9.17, 15) is 4.79 Å². The van der Waals surface area contributed by atoms with E-state index in [1.54, 1.807) is 24.3 Å². The second kappa shape index (κ2) is 5.29. The molecular weight excluding hydrogens is 172 g/mol. The summed E-state index contributed by atoms with van der Waals surface area (Å²) in [5.74, 6) is -0.419. The van der Waals surface area contributed by atoms with Crippen molar-refractivity contribution in [3.8, 4) is 0 Å². The normalized spacial score (nSPS) is 9.62. The summed E-state index contributed by atoms with van der Waals surface area (Å²) in [5, 5.41) is 7.96. The average Bonchev–Trinajstić information content (AvgIpc) is 2.19. The van der Waals surface area contributed by atoms with Gasteiger partial charge in [-0.25, -0.2) is 9.68 Å². The van der Waals surface area contributed by atoms with Crippen LogP contribution in [0.5, 0.6) is 0 Å². The van der Waals surface area contributed by atoms with Gasteiger partial charge in [-0.3, -0.25) is 5.26 Å². The molecule has 0 unspecified atom stereocenters. The van der Waals surface area contributed by atoms with Gasteiger partial charge >= 0.3 is 5.97 Å². The Morgan fingerprint density at radius 2 is 1.92 bits per heavy atom. The third kappa shape index (κ3) is 3.23. The smallest absolute Gasteiger partial charge is 0.338 e. The zero-order chi connectivity index (χ0) is 9.52. The van der Waals surface area contributed by atoms with Crippen LogP contribution < -0.4 is 0 Å². The molecule has 0 aliphatic rings. The molecule has 1 N–H and O–H groups in total. The van der Waals surface area contributed by atoms with Crippen LogP contribution in [-0.2, 0) is 9.62 Å². The van der Waals surface area contributed by atoms with Crippen molar-refractivity contribution in [2.75, 3.05) is 13.2 Å². The summed E-state index contributed by atoms with van der Waals surface area (Å²) < 4.78 is 4.74. The maximum Gasteiger partial charge on any atom is 0.338 e. The highest BCUT2D eigenvalue weighted by molar-refractivity contribution is 5.89. The molecule has 0 radical (unpaired) electrons. The van der Waals surface area contributed by atoms with Crippen molar-refractivity contribution in [3.05, 3.63) is 35.9 Å². The quantitative estimate of drug-likeness (QED) is 0.330. The van der Waals surface area contributed by atoms with Crippen molar-refractivity contribution < 1.29 is 19.7 Å². The van der Waals surface area contributed by atoms with E-state index in [-0.39, 0.29) is 13.2 Å². The van der Waals surface area contributed by atoms with Crippen LogP contribution in [0.1, 0.15) is 10.4 Å². The summed E-state index contributed by atoms with van der Waals surface area (Å²) >= 11 is 0. The van der Waals surface area contributed by atoms with E-state index in [1.165, 1.54) is 0 Å². The minimum Gasteiger partial charge on any atom is -0.460 e. The predicted octanol–water partition coefficient (Wildman–Crippen LogP) is 1.33. The Kier molecular flexibility index (Phi) is 3.95. The lowest BCUT2D eigenvalue weighted by Crippen LogP contribution is -2.09. The van der Waals surface area contributed by atoms with Crippen LogP contribution in [0, 0.1) is 0 Å². The lowest BCUT2D eigenvalue weighted by Gasteiger charge is -2.02. The number of carbonyl (C=O) groups excluding carboxylic acids is 1. The molecule has 13 heavy (non-hydrogen) atoms. The lowest BCUT2D eigenvalue weighted by molar-refractivity contribution is -0.246. The van der Waals surface area contributed by atoms with E-state index in [4.69, 9.17) is 9.99 Å². The van der Waals surface area contributed by atoms with Crippen molar-refractivity contribution >= 4 is 5.97 Å². The highest BCUT2D eigenvalue weighted by atomic mass is 17.1. The van der Waals surface area contributed by atoms with E-state index in [0.717, 1.165) is 0 Å². The van der Waals surface area contributed by atoms with Gasteiger partial charge in [0.25, 0.3) is 0 Å². The van der Waals surface area contributed by atoms with Crippen LogP contribution in [0.4, 0.5) is 0 Å². The van der Waals surface area contributed by atoms with Crippen molar-refractivity contribution in [3.63, 3.8) is 0 Å². The molecule has 0 heterocycles. The molecule has 0 aromatic heterocycles. The summed E-state index contributed by atoms with van der Waals surface area (Å²) in [4.78, 5) is 14.9. The first kappa shape index (κ1) is 9.70. The highest BCUT2D eigenvalue weighted by Gasteiger charge is 2.04. The first-order valence-electron chi connectivity index (χ1n) is 3.83. The van der Waals surface area contributed by atoms with Crippen LogP contribution >= 0.6 is 0 Å². The molecule has 0 aliphatic heterocycles. The molecule has 0 bridgehead atoms. The standard InChI is InChI=1S/C9H10O4/c10-9(12-6-7-13-11)8-4-2-1-3-5-8/h1-5,11H,6-7H2. The minimum atomic E-state index is -0.419. The van der Waals surface area contributed by atoms with Gasteiger partial charge in [-0.05, 0) is 12.1 Å². The average molecular weight is 182 g/mol. The Bertz CT molecular complexity index is 258. The fourth-order valence-electron chi connectivity index (χ4n) is 0.829. The Morgan fingerprint density at radius 3 is 2.54 bits per heavy atom. The number of rotatable bonds is 4. The summed E-state index contributed by atoms with van der Waals surface area (Å²) in [7, 11) is 0. The van der Waals surface area contributed by atoms with Crippen molar-refractivity contribution in [1.29, 1.82) is 0 Å². The maximum absolute atomic E-state index is 11.2. The number of ether oxygens (including phenoxy) is 1. The van der Waals surface area contributed by atoms with Crippen molar-refractivity contribution in [2.45, 2.75) is 0 Å². The molecule has 1 aromatic carbocycles. The fraction of sp³-hybridized carbons (Fsp3) is 0.222. The SMILES string of the molecule is O=C(OCCOO)c1ccccc1. The van der Waals surface area contributed by atoms with E-state index in [2.05, 4.69) is 4.89 Å². The molecule has 0 amide bonds. The monoisotopic (exact) mass is 182 g/mol. The van der Waals surface area contributed by atoms with Crippen LogP contribution in [0.3, 0.4) is 0 Å². The highest BCUT2D eigenvalue weighted by Crippen LogP contribution is 2.00. The second-order valence-electron chi connectivity index (χ2n) is 2.34. The summed E-state index contributed by atoms with van der Waals surface area (Å²) in [5.41, 5.74) is 0.487. The molecule has 0 aliphatic carbocycles. The Morgan fingerprint density at radius 1 is 1.23 bits per heavy atom. The molecule has 0 fully saturated rings. The Balaban J connectivity index is 2.40. The minimum absolute atomic E-state index is 0.0153. The van der Waals surface area contributed by atoms with Crippen LogP contribution in [0.25, 0.3) is 0 Å². The van der Waals surface area contributed by atoms with Crippen molar-refractivity contribution in [1.82, 2.24) is 0 Å². The topological polar surface area (TPSA) is 55.8 Å². The molecule has 4 nitrogen and oxygen atoms in total. The summed E-state index contributed by atoms with van der Waals surface area (Å²) in [6.07, 6.45) is 0. The van der Waals surface area contributed by atoms with E-state index >= 15 is 0 Å². The number of benzene rings is 1. The molecule has 1 aromatic rings. The molecule has 0 saturated heterocycles. The maximum atomic E-state index is 11.2. The van der Waals surface area contributed by atoms with Crippen LogP contribution in [0.15, 0.2) is 30.3 Å². The summed E-state index contributed by atoms with van der Waals surface area (Å²) in [6.45, 7) is 0.0306. The van der Waals surface area contributed by atoms with Gasteiger partial charge in [-0.1, -0.05) is 18.2 Å². The first-order valence-corrected chi connectivity index (χ1v) is 3.83. The van der Waals surface area contributed by atoms with E-state index in [1.807, 2.05) is 6.07 Å². The van der Waals surface area contributed by atoms with Crippen LogP contribution in [-0.4, -0.2) is 24.4 Å². The van der Waals surface area contributed by atoms with E-state index in [0.29, 0.717) is 5.56 Å². The zero-order valence-electron chi connectivity index (χ0n) is 6.97. The Labute approximate surface area is 75.6 Å². The van der Waals surface area contributed by atoms with Gasteiger partial charge in [0, 0.05) is 0 Å². The second-order valence-corrected chi connectivity index (χ2v) is 2.34. The Hall–Kier alpha value is -1.39. The van der Waals surface area contributed by atoms with Gasteiger partial charge in [0.2, 0.25) is 0 Å². The first-order chi connectivity index (χ1) is 6.34. The number of hydrogen-bond acceptors (Lipinski definition) is 4. The molecule has 0 spiro atoms. The molecular formula is C9H10O4. The third-order valence-electron chi connectivity index (χ3n) is 1.42. The molecule has 1 rings (SSSR count). The zero-order valence-corrected chi connectivity index (χ0v) is 6.97. The number of hydrogen-bond donors (Lipinski definition) is 1. The lowest BCUT2D eigenvalue weighted by atomic mass is 10.2. The van der Waals surface area contributed by atoms with E-state index < -0.39 is 5.97 Å². The predicted molar refractivity (Wildman–Crippen MR) is 45.3 cm³/mol. The molecule has 4 heteroatoms. The van der Waals surface area contributed by atoms with Gasteiger partial charge in [0.1, 0.15) is 13.2 Å².